The van der Waals surface area contributed by atoms with Crippen molar-refractivity contribution in [3.05, 3.63) is 0 Å². The second kappa shape index (κ2) is 6.44. The zero-order valence-electron chi connectivity index (χ0n) is 8.93. The van der Waals surface area contributed by atoms with Crippen LogP contribution >= 0.6 is 0 Å². The Kier molecular flexibility index (Phi) is 6.39. The summed E-state index contributed by atoms with van der Waals surface area (Å²) < 4.78 is 0. The van der Waals surface area contributed by atoms with Gasteiger partial charge in [0.2, 0.25) is 0 Å². The zero-order chi connectivity index (χ0) is 9.56. The van der Waals surface area contributed by atoms with Crippen molar-refractivity contribution in [2.75, 3.05) is 6.54 Å². The van der Waals surface area contributed by atoms with Crippen LogP contribution in [0.2, 0.25) is 0 Å². The maximum atomic E-state index is 5.75. The number of rotatable bonds is 6. The first-order valence-corrected chi connectivity index (χ1v) is 5.05. The van der Waals surface area contributed by atoms with Crippen LogP contribution in [0.5, 0.6) is 0 Å². The van der Waals surface area contributed by atoms with Crippen LogP contribution in [-0.2, 0) is 0 Å². The Bertz CT molecular complexity index is 100. The van der Waals surface area contributed by atoms with Crippen LogP contribution in [0.3, 0.4) is 0 Å². The van der Waals surface area contributed by atoms with Gasteiger partial charge in [-0.15, -0.1) is 0 Å². The van der Waals surface area contributed by atoms with E-state index in [0.29, 0.717) is 12.1 Å². The van der Waals surface area contributed by atoms with Gasteiger partial charge in [-0.05, 0) is 25.8 Å². The van der Waals surface area contributed by atoms with Gasteiger partial charge in [-0.1, -0.05) is 27.2 Å². The molecule has 2 nitrogen and oxygen atoms in total. The predicted molar refractivity (Wildman–Crippen MR) is 55.2 cm³/mol. The Balaban J connectivity index is 3.53. The van der Waals surface area contributed by atoms with Gasteiger partial charge in [0.05, 0.1) is 0 Å². The Morgan fingerprint density at radius 3 is 2.17 bits per heavy atom. The predicted octanol–water partition coefficient (Wildman–Crippen LogP) is 1.75. The summed E-state index contributed by atoms with van der Waals surface area (Å²) in [6.45, 7) is 9.78. The lowest BCUT2D eigenvalue weighted by atomic mass is 9.98. The molecule has 12 heavy (non-hydrogen) atoms. The third-order valence-electron chi connectivity index (χ3n) is 2.10. The highest BCUT2D eigenvalue weighted by Gasteiger charge is 2.08. The highest BCUT2D eigenvalue weighted by molar-refractivity contribution is 4.67. The molecule has 3 N–H and O–H groups in total. The molecule has 0 aliphatic rings. The highest BCUT2D eigenvalue weighted by atomic mass is 14.9. The van der Waals surface area contributed by atoms with E-state index in [9.17, 15) is 0 Å². The molecule has 2 atom stereocenters. The maximum absolute atomic E-state index is 5.75. The lowest BCUT2D eigenvalue weighted by Gasteiger charge is -2.19. The maximum Gasteiger partial charge on any atom is 0.00135 e. The summed E-state index contributed by atoms with van der Waals surface area (Å²) in [5.74, 6) is 0.743. The fourth-order valence-electron chi connectivity index (χ4n) is 1.32. The normalized spacial score (nSPS) is 16.5. The molecule has 0 rings (SSSR count). The van der Waals surface area contributed by atoms with E-state index in [1.165, 1.54) is 6.42 Å². The molecule has 0 spiro atoms. The first-order valence-electron chi connectivity index (χ1n) is 5.05. The molecule has 0 fully saturated rings. The minimum absolute atomic E-state index is 0.337. The topological polar surface area (TPSA) is 38.0 Å². The van der Waals surface area contributed by atoms with E-state index in [1.807, 2.05) is 0 Å². The number of nitrogens with two attached hydrogens (primary N) is 1. The van der Waals surface area contributed by atoms with Crippen molar-refractivity contribution in [1.29, 1.82) is 0 Å². The van der Waals surface area contributed by atoms with Crippen LogP contribution in [0.15, 0.2) is 0 Å². The standard InChI is InChI=1S/C10H24N2/c1-5-10(6-9(4)11)7-12-8(2)3/h8-10,12H,5-7,11H2,1-4H3. The van der Waals surface area contributed by atoms with E-state index in [-0.39, 0.29) is 0 Å². The molecule has 0 aromatic heterocycles. The van der Waals surface area contributed by atoms with Gasteiger partial charge in [0.1, 0.15) is 0 Å². The van der Waals surface area contributed by atoms with Gasteiger partial charge in [0.15, 0.2) is 0 Å². The van der Waals surface area contributed by atoms with Crippen LogP contribution in [0.4, 0.5) is 0 Å². The van der Waals surface area contributed by atoms with Gasteiger partial charge in [0.25, 0.3) is 0 Å². The van der Waals surface area contributed by atoms with Crippen molar-refractivity contribution < 1.29 is 0 Å². The molecule has 0 amide bonds. The average Bonchev–Trinajstić information content (AvgIpc) is 1.97. The minimum atomic E-state index is 0.337. The molecule has 2 heteroatoms. The van der Waals surface area contributed by atoms with Crippen LogP contribution < -0.4 is 11.1 Å². The largest absolute Gasteiger partial charge is 0.328 e. The van der Waals surface area contributed by atoms with Crippen molar-refractivity contribution in [2.24, 2.45) is 11.7 Å². The van der Waals surface area contributed by atoms with E-state index < -0.39 is 0 Å². The quantitative estimate of drug-likeness (QED) is 0.640. The molecule has 0 saturated heterocycles. The lowest BCUT2D eigenvalue weighted by Crippen LogP contribution is -2.31. The Morgan fingerprint density at radius 2 is 1.83 bits per heavy atom. The number of nitrogens with one attached hydrogen (secondary N) is 1. The molecule has 74 valence electrons. The van der Waals surface area contributed by atoms with Gasteiger partial charge in [0, 0.05) is 12.1 Å². The third-order valence-corrected chi connectivity index (χ3v) is 2.10. The summed E-state index contributed by atoms with van der Waals surface area (Å²) in [6, 6.07) is 0.927. The van der Waals surface area contributed by atoms with E-state index in [0.717, 1.165) is 18.9 Å². The van der Waals surface area contributed by atoms with E-state index in [4.69, 9.17) is 5.73 Å². The van der Waals surface area contributed by atoms with Crippen molar-refractivity contribution in [3.8, 4) is 0 Å². The first-order chi connectivity index (χ1) is 5.56. The van der Waals surface area contributed by atoms with E-state index in [1.54, 1.807) is 0 Å². The second-order valence-electron chi connectivity index (χ2n) is 4.05. The molecule has 2 unspecified atom stereocenters. The smallest absolute Gasteiger partial charge is 0.00135 e. The monoisotopic (exact) mass is 172 g/mol. The molecular formula is C10H24N2. The SMILES string of the molecule is CCC(CNC(C)C)CC(C)N. The van der Waals surface area contributed by atoms with Crippen molar-refractivity contribution in [1.82, 2.24) is 5.32 Å². The van der Waals surface area contributed by atoms with Crippen molar-refractivity contribution >= 4 is 0 Å². The van der Waals surface area contributed by atoms with Gasteiger partial charge in [-0.2, -0.15) is 0 Å². The van der Waals surface area contributed by atoms with Gasteiger partial charge in [-0.25, -0.2) is 0 Å². The van der Waals surface area contributed by atoms with E-state index >= 15 is 0 Å². The fourth-order valence-corrected chi connectivity index (χ4v) is 1.32. The van der Waals surface area contributed by atoms with Crippen molar-refractivity contribution in [3.63, 3.8) is 0 Å². The molecule has 0 saturated carbocycles. The number of hydrogen-bond donors (Lipinski definition) is 2. The van der Waals surface area contributed by atoms with Gasteiger partial charge in [-0.3, -0.25) is 0 Å². The number of hydrogen-bond acceptors (Lipinski definition) is 2. The zero-order valence-corrected chi connectivity index (χ0v) is 8.93. The Hall–Kier alpha value is -0.0800. The summed E-state index contributed by atoms with van der Waals surface area (Å²) in [7, 11) is 0. The summed E-state index contributed by atoms with van der Waals surface area (Å²) >= 11 is 0. The molecule has 0 aliphatic carbocycles. The molecule has 0 heterocycles. The van der Waals surface area contributed by atoms with Crippen LogP contribution in [0.25, 0.3) is 0 Å². The van der Waals surface area contributed by atoms with Gasteiger partial charge >= 0.3 is 0 Å². The van der Waals surface area contributed by atoms with Gasteiger partial charge < -0.3 is 11.1 Å². The van der Waals surface area contributed by atoms with Crippen molar-refractivity contribution in [2.45, 2.75) is 52.6 Å². The third kappa shape index (κ3) is 6.62. The summed E-state index contributed by atoms with van der Waals surface area (Å²) in [6.07, 6.45) is 2.36. The molecule has 0 radical (unpaired) electrons. The first kappa shape index (κ1) is 11.9. The average molecular weight is 172 g/mol. The van der Waals surface area contributed by atoms with Crippen LogP contribution in [-0.4, -0.2) is 18.6 Å². The molecule has 0 aromatic carbocycles. The molecule has 0 aromatic rings. The molecule has 0 aliphatic heterocycles. The molecular weight excluding hydrogens is 148 g/mol. The highest BCUT2D eigenvalue weighted by Crippen LogP contribution is 2.08. The Labute approximate surface area is 76.9 Å². The summed E-state index contributed by atoms with van der Waals surface area (Å²) in [5, 5.41) is 3.45. The fraction of sp³-hybridized carbons (Fsp3) is 1.00. The lowest BCUT2D eigenvalue weighted by molar-refractivity contribution is 0.390. The second-order valence-corrected chi connectivity index (χ2v) is 4.05. The minimum Gasteiger partial charge on any atom is -0.328 e. The Morgan fingerprint density at radius 1 is 1.25 bits per heavy atom. The van der Waals surface area contributed by atoms with Crippen LogP contribution in [0.1, 0.15) is 40.5 Å². The summed E-state index contributed by atoms with van der Waals surface area (Å²) in [5.41, 5.74) is 5.75. The summed E-state index contributed by atoms with van der Waals surface area (Å²) in [4.78, 5) is 0. The van der Waals surface area contributed by atoms with Crippen LogP contribution in [0, 0.1) is 5.92 Å². The molecule has 0 bridgehead atoms. The van der Waals surface area contributed by atoms with E-state index in [2.05, 4.69) is 33.0 Å².